The van der Waals surface area contributed by atoms with Crippen LogP contribution in [-0.4, -0.2) is 24.6 Å². The number of amidine groups is 1. The molecule has 0 saturated heterocycles. The molecule has 0 heterocycles. The maximum atomic E-state index is 13.2. The third kappa shape index (κ3) is 1.56. The maximum Gasteiger partial charge on any atom is 0.408 e. The van der Waals surface area contributed by atoms with E-state index < -0.39 is 12.2 Å². The van der Waals surface area contributed by atoms with E-state index in [0.717, 1.165) is 30.6 Å². The SMILES string of the molecule is CCN=C(N[C@H](CC)C(F)(F)F)C12CC3CC4CC(C1)C42C3. The van der Waals surface area contributed by atoms with Crippen molar-refractivity contribution in [1.82, 2.24) is 5.32 Å². The first-order chi connectivity index (χ1) is 10.4. The number of hydrogen-bond acceptors (Lipinski definition) is 1. The van der Waals surface area contributed by atoms with Crippen molar-refractivity contribution >= 4 is 5.84 Å². The van der Waals surface area contributed by atoms with Gasteiger partial charge in [0.05, 0.1) is 0 Å². The second kappa shape index (κ2) is 4.41. The lowest BCUT2D eigenvalue weighted by Gasteiger charge is -2.73. The summed E-state index contributed by atoms with van der Waals surface area (Å²) >= 11 is 0. The minimum atomic E-state index is -4.20. The number of fused-ring (bicyclic) bond motifs is 1. The van der Waals surface area contributed by atoms with Gasteiger partial charge in [-0.1, -0.05) is 6.92 Å². The Hall–Kier alpha value is -0.740. The van der Waals surface area contributed by atoms with E-state index in [1.54, 1.807) is 6.92 Å². The molecule has 1 N–H and O–H groups in total. The number of rotatable bonds is 4. The molecule has 124 valence electrons. The molecule has 2 nitrogen and oxygen atoms in total. The van der Waals surface area contributed by atoms with Crippen molar-refractivity contribution in [2.45, 2.75) is 64.6 Å². The Morgan fingerprint density at radius 3 is 2.50 bits per heavy atom. The molecular formula is C17H25F3N2. The Kier molecular flexibility index (Phi) is 2.98. The molecule has 4 fully saturated rings. The number of nitrogens with one attached hydrogen (secondary N) is 1. The maximum absolute atomic E-state index is 13.2. The molecule has 0 radical (unpaired) electrons. The zero-order valence-corrected chi connectivity index (χ0v) is 13.3. The van der Waals surface area contributed by atoms with Crippen LogP contribution in [0.2, 0.25) is 0 Å². The Morgan fingerprint density at radius 1 is 1.18 bits per heavy atom. The van der Waals surface area contributed by atoms with Gasteiger partial charge in [-0.15, -0.1) is 0 Å². The van der Waals surface area contributed by atoms with Crippen molar-refractivity contribution in [2.24, 2.45) is 33.6 Å². The summed E-state index contributed by atoms with van der Waals surface area (Å²) in [5.41, 5.74) is 0.279. The Morgan fingerprint density at radius 2 is 1.95 bits per heavy atom. The van der Waals surface area contributed by atoms with E-state index in [-0.39, 0.29) is 11.8 Å². The van der Waals surface area contributed by atoms with Crippen LogP contribution in [-0.2, 0) is 0 Å². The molecule has 4 saturated carbocycles. The van der Waals surface area contributed by atoms with Crippen LogP contribution in [0.15, 0.2) is 4.99 Å². The molecule has 2 bridgehead atoms. The third-order valence-corrected chi connectivity index (χ3v) is 7.28. The van der Waals surface area contributed by atoms with Crippen LogP contribution >= 0.6 is 0 Å². The fourth-order valence-electron chi connectivity index (χ4n) is 6.67. The van der Waals surface area contributed by atoms with Crippen molar-refractivity contribution in [3.05, 3.63) is 0 Å². The molecule has 1 spiro atoms. The monoisotopic (exact) mass is 314 g/mol. The highest BCUT2D eigenvalue weighted by Gasteiger charge is 2.81. The predicted molar refractivity (Wildman–Crippen MR) is 79.7 cm³/mol. The van der Waals surface area contributed by atoms with Crippen LogP contribution in [0.3, 0.4) is 0 Å². The first-order valence-corrected chi connectivity index (χ1v) is 8.75. The van der Waals surface area contributed by atoms with Crippen LogP contribution in [0, 0.1) is 28.6 Å². The minimum Gasteiger partial charge on any atom is -0.362 e. The molecule has 4 rings (SSSR count). The molecule has 5 heteroatoms. The second-order valence-corrected chi connectivity index (χ2v) is 7.94. The first kappa shape index (κ1) is 14.8. The van der Waals surface area contributed by atoms with E-state index in [0.29, 0.717) is 17.8 Å². The van der Waals surface area contributed by atoms with E-state index in [1.807, 2.05) is 6.92 Å². The lowest BCUT2D eigenvalue weighted by atomic mass is 9.31. The lowest BCUT2D eigenvalue weighted by molar-refractivity contribution is -0.211. The molecular weight excluding hydrogens is 289 g/mol. The Bertz CT molecular complexity index is 515. The van der Waals surface area contributed by atoms with E-state index in [9.17, 15) is 13.2 Å². The number of halogens is 3. The molecule has 0 aliphatic heterocycles. The molecule has 6 atom stereocenters. The van der Waals surface area contributed by atoms with Crippen molar-refractivity contribution in [3.8, 4) is 0 Å². The summed E-state index contributed by atoms with van der Waals surface area (Å²) in [5, 5.41) is 2.85. The molecule has 4 aliphatic carbocycles. The Balaban J connectivity index is 1.63. The smallest absolute Gasteiger partial charge is 0.362 e. The summed E-state index contributed by atoms with van der Waals surface area (Å²) in [6.07, 6.45) is 1.88. The number of aliphatic imine (C=N–C) groups is 1. The fraction of sp³-hybridized carbons (Fsp3) is 0.941. The van der Waals surface area contributed by atoms with Gasteiger partial charge in [0, 0.05) is 12.0 Å². The summed E-state index contributed by atoms with van der Waals surface area (Å²) in [7, 11) is 0. The third-order valence-electron chi connectivity index (χ3n) is 7.28. The summed E-state index contributed by atoms with van der Waals surface area (Å²) in [4.78, 5) is 4.55. The number of nitrogens with zero attached hydrogens (tertiary/aromatic N) is 1. The zero-order chi connectivity index (χ0) is 15.8. The second-order valence-electron chi connectivity index (χ2n) is 7.94. The van der Waals surface area contributed by atoms with Crippen molar-refractivity contribution in [1.29, 1.82) is 0 Å². The summed E-state index contributed by atoms with van der Waals surface area (Å²) in [6.45, 7) is 4.09. The van der Waals surface area contributed by atoms with Gasteiger partial charge in [-0.2, -0.15) is 13.2 Å². The van der Waals surface area contributed by atoms with E-state index >= 15 is 0 Å². The summed E-state index contributed by atoms with van der Waals surface area (Å²) in [6, 6.07) is -1.46. The minimum absolute atomic E-state index is 0.0435. The van der Waals surface area contributed by atoms with Crippen LogP contribution in [0.4, 0.5) is 13.2 Å². The van der Waals surface area contributed by atoms with Gasteiger partial charge < -0.3 is 5.32 Å². The van der Waals surface area contributed by atoms with Crippen molar-refractivity contribution in [3.63, 3.8) is 0 Å². The van der Waals surface area contributed by atoms with Crippen LogP contribution < -0.4 is 5.32 Å². The molecule has 0 aromatic heterocycles. The largest absolute Gasteiger partial charge is 0.408 e. The highest BCUT2D eigenvalue weighted by Crippen LogP contribution is 2.86. The van der Waals surface area contributed by atoms with Crippen molar-refractivity contribution < 1.29 is 13.2 Å². The average molecular weight is 314 g/mol. The molecule has 4 aliphatic rings. The quantitative estimate of drug-likeness (QED) is 0.611. The highest BCUT2D eigenvalue weighted by atomic mass is 19.4. The standard InChI is InChI=1S/C17H25F3N2/c1-3-13(17(18,19)20)22-14(21-4-2)15-7-10-5-11-6-12(9-15)16(11,15)8-10/h10-13H,3-9H2,1-2H3,(H,21,22)/t10?,11?,12?,13-,15?,16?/m1/s1. The summed E-state index contributed by atoms with van der Waals surface area (Å²) < 4.78 is 39.6. The van der Waals surface area contributed by atoms with Gasteiger partial charge in [-0.05, 0) is 68.6 Å². The first-order valence-electron chi connectivity index (χ1n) is 8.75. The fourth-order valence-corrected chi connectivity index (χ4v) is 6.67. The summed E-state index contributed by atoms with van der Waals surface area (Å²) in [5.74, 6) is 2.95. The molecule has 0 aromatic carbocycles. The van der Waals surface area contributed by atoms with Crippen molar-refractivity contribution in [2.75, 3.05) is 6.54 Å². The molecule has 0 amide bonds. The lowest BCUT2D eigenvalue weighted by Crippen LogP contribution is -2.72. The number of alkyl halides is 3. The zero-order valence-electron chi connectivity index (χ0n) is 13.3. The van der Waals surface area contributed by atoms with Crippen LogP contribution in [0.1, 0.15) is 52.4 Å². The van der Waals surface area contributed by atoms with Gasteiger partial charge in [-0.25, -0.2) is 0 Å². The van der Waals surface area contributed by atoms with Gasteiger partial charge in [0.1, 0.15) is 11.9 Å². The number of hydrogen-bond donors (Lipinski definition) is 1. The van der Waals surface area contributed by atoms with Gasteiger partial charge >= 0.3 is 6.18 Å². The van der Waals surface area contributed by atoms with E-state index in [4.69, 9.17) is 0 Å². The van der Waals surface area contributed by atoms with E-state index in [2.05, 4.69) is 10.3 Å². The van der Waals surface area contributed by atoms with Gasteiger partial charge in [-0.3, -0.25) is 4.99 Å². The van der Waals surface area contributed by atoms with Crippen LogP contribution in [0.5, 0.6) is 0 Å². The Labute approximate surface area is 129 Å². The molecule has 5 unspecified atom stereocenters. The molecule has 22 heavy (non-hydrogen) atoms. The molecule has 0 aromatic rings. The topological polar surface area (TPSA) is 24.4 Å². The van der Waals surface area contributed by atoms with Gasteiger partial charge in [0.2, 0.25) is 0 Å². The highest BCUT2D eigenvalue weighted by molar-refractivity contribution is 5.92. The normalized spacial score (nSPS) is 46.8. The van der Waals surface area contributed by atoms with Gasteiger partial charge in [0.15, 0.2) is 0 Å². The predicted octanol–water partition coefficient (Wildman–Crippen LogP) is 4.16. The van der Waals surface area contributed by atoms with E-state index in [1.165, 1.54) is 19.3 Å². The average Bonchev–Trinajstić information content (AvgIpc) is 2.90. The van der Waals surface area contributed by atoms with Crippen LogP contribution in [0.25, 0.3) is 0 Å². The van der Waals surface area contributed by atoms with Gasteiger partial charge in [0.25, 0.3) is 0 Å².